The molecule has 0 aliphatic carbocycles. The van der Waals surface area contributed by atoms with Gasteiger partial charge in [0.1, 0.15) is 5.75 Å². The van der Waals surface area contributed by atoms with Crippen molar-refractivity contribution in [1.29, 1.82) is 0 Å². The molecular weight excluding hydrogens is 376 g/mol. The van der Waals surface area contributed by atoms with Crippen molar-refractivity contribution in [3.05, 3.63) is 102 Å². The summed E-state index contributed by atoms with van der Waals surface area (Å²) >= 11 is 1.65. The number of nitrogens with zero attached hydrogens (tertiary/aromatic N) is 2. The fraction of sp³-hybridized carbons (Fsp3) is 0.0800. The average molecular weight is 397 g/mol. The van der Waals surface area contributed by atoms with E-state index in [1.54, 1.807) is 11.3 Å². The van der Waals surface area contributed by atoms with E-state index in [0.29, 0.717) is 6.61 Å². The lowest BCUT2D eigenvalue weighted by atomic mass is 10.0. The highest BCUT2D eigenvalue weighted by atomic mass is 32.1. The lowest BCUT2D eigenvalue weighted by Crippen LogP contribution is -2.01. The Labute approximate surface area is 173 Å². The van der Waals surface area contributed by atoms with Gasteiger partial charge in [-0.05, 0) is 17.7 Å². The molecule has 0 amide bonds. The zero-order valence-electron chi connectivity index (χ0n) is 15.9. The molecule has 0 saturated carbocycles. The normalized spacial score (nSPS) is 11.0. The molecule has 3 aromatic carbocycles. The topological polar surface area (TPSA) is 26.5 Å². The van der Waals surface area contributed by atoms with Crippen LogP contribution in [0.2, 0.25) is 0 Å². The third-order valence-corrected chi connectivity index (χ3v) is 5.68. The molecule has 0 saturated heterocycles. The lowest BCUT2D eigenvalue weighted by molar-refractivity contribution is 0.322. The minimum absolute atomic E-state index is 0.650. The minimum Gasteiger partial charge on any atom is -0.493 e. The number of rotatable bonds is 6. The smallest absolute Gasteiger partial charge is 0.194 e. The van der Waals surface area contributed by atoms with Crippen molar-refractivity contribution in [2.24, 2.45) is 0 Å². The van der Waals surface area contributed by atoms with Gasteiger partial charge in [-0.1, -0.05) is 72.8 Å². The number of hydrogen-bond donors (Lipinski definition) is 0. The van der Waals surface area contributed by atoms with Crippen LogP contribution >= 0.6 is 11.3 Å². The van der Waals surface area contributed by atoms with Crippen molar-refractivity contribution in [3.8, 4) is 28.3 Å². The maximum Gasteiger partial charge on any atom is 0.194 e. The van der Waals surface area contributed by atoms with Gasteiger partial charge in [-0.15, -0.1) is 11.3 Å². The molecule has 2 heterocycles. The Balaban J connectivity index is 1.45. The molecule has 142 valence electrons. The van der Waals surface area contributed by atoms with E-state index in [0.717, 1.165) is 39.6 Å². The van der Waals surface area contributed by atoms with Gasteiger partial charge < -0.3 is 4.74 Å². The summed E-state index contributed by atoms with van der Waals surface area (Å²) in [5, 5.41) is 2.07. The van der Waals surface area contributed by atoms with E-state index in [9.17, 15) is 0 Å². The molecule has 5 rings (SSSR count). The van der Waals surface area contributed by atoms with E-state index in [2.05, 4.69) is 76.6 Å². The van der Waals surface area contributed by atoms with E-state index in [4.69, 9.17) is 9.72 Å². The van der Waals surface area contributed by atoms with Gasteiger partial charge in [0.05, 0.1) is 18.0 Å². The summed E-state index contributed by atoms with van der Waals surface area (Å²) in [4.78, 5) is 5.91. The van der Waals surface area contributed by atoms with Gasteiger partial charge in [-0.25, -0.2) is 4.98 Å². The lowest BCUT2D eigenvalue weighted by Gasteiger charge is -2.09. The second-order valence-corrected chi connectivity index (χ2v) is 7.72. The molecule has 4 heteroatoms. The van der Waals surface area contributed by atoms with Gasteiger partial charge in [-0.3, -0.25) is 4.40 Å². The van der Waals surface area contributed by atoms with Crippen molar-refractivity contribution in [2.75, 3.05) is 6.61 Å². The number of hydrogen-bond acceptors (Lipinski definition) is 3. The van der Waals surface area contributed by atoms with Crippen molar-refractivity contribution in [1.82, 2.24) is 9.38 Å². The summed E-state index contributed by atoms with van der Waals surface area (Å²) in [7, 11) is 0. The van der Waals surface area contributed by atoms with Crippen LogP contribution in [0.15, 0.2) is 96.5 Å². The Bertz CT molecular complexity index is 1230. The van der Waals surface area contributed by atoms with Crippen molar-refractivity contribution < 1.29 is 4.74 Å². The first-order valence-electron chi connectivity index (χ1n) is 9.66. The zero-order chi connectivity index (χ0) is 19.5. The number of thiazole rings is 1. The first-order chi connectivity index (χ1) is 14.4. The molecule has 0 aliphatic rings. The van der Waals surface area contributed by atoms with Gasteiger partial charge in [0, 0.05) is 29.1 Å². The monoisotopic (exact) mass is 396 g/mol. The summed E-state index contributed by atoms with van der Waals surface area (Å²) in [6, 6.07) is 29.1. The highest BCUT2D eigenvalue weighted by molar-refractivity contribution is 7.15. The van der Waals surface area contributed by atoms with E-state index < -0.39 is 0 Å². The Morgan fingerprint density at radius 1 is 0.828 bits per heavy atom. The highest BCUT2D eigenvalue weighted by Gasteiger charge is 2.17. The molecule has 3 nitrogen and oxygen atoms in total. The van der Waals surface area contributed by atoms with Gasteiger partial charge in [0.25, 0.3) is 0 Å². The molecule has 0 atom stereocenters. The zero-order valence-corrected chi connectivity index (χ0v) is 16.7. The average Bonchev–Trinajstić information content (AvgIpc) is 3.37. The summed E-state index contributed by atoms with van der Waals surface area (Å²) in [6.07, 6.45) is 2.97. The molecule has 0 aliphatic heterocycles. The molecule has 0 unspecified atom stereocenters. The van der Waals surface area contributed by atoms with Crippen LogP contribution in [0.1, 0.15) is 5.56 Å². The second kappa shape index (κ2) is 7.94. The largest absolute Gasteiger partial charge is 0.493 e. The van der Waals surface area contributed by atoms with Gasteiger partial charge in [0.2, 0.25) is 0 Å². The van der Waals surface area contributed by atoms with Crippen LogP contribution in [-0.4, -0.2) is 16.0 Å². The van der Waals surface area contributed by atoms with E-state index in [-0.39, 0.29) is 0 Å². The van der Waals surface area contributed by atoms with Crippen LogP contribution in [0.5, 0.6) is 5.75 Å². The number of imidazole rings is 1. The molecule has 0 spiro atoms. The Morgan fingerprint density at radius 3 is 2.41 bits per heavy atom. The molecule has 0 radical (unpaired) electrons. The Morgan fingerprint density at radius 2 is 1.59 bits per heavy atom. The van der Waals surface area contributed by atoms with Crippen molar-refractivity contribution in [2.45, 2.75) is 6.42 Å². The Kier molecular flexibility index (Phi) is 4.85. The maximum atomic E-state index is 6.04. The third kappa shape index (κ3) is 3.67. The van der Waals surface area contributed by atoms with Crippen LogP contribution in [-0.2, 0) is 6.42 Å². The van der Waals surface area contributed by atoms with Gasteiger partial charge in [-0.2, -0.15) is 0 Å². The molecule has 29 heavy (non-hydrogen) atoms. The summed E-state index contributed by atoms with van der Waals surface area (Å²) < 4.78 is 8.21. The maximum absolute atomic E-state index is 6.04. The van der Waals surface area contributed by atoms with Crippen LogP contribution < -0.4 is 4.74 Å². The number of benzene rings is 3. The molecule has 0 N–H and O–H groups in total. The summed E-state index contributed by atoms with van der Waals surface area (Å²) in [6.45, 7) is 0.650. The molecule has 2 aromatic heterocycles. The molecule has 0 bridgehead atoms. The first-order valence-corrected chi connectivity index (χ1v) is 10.5. The highest BCUT2D eigenvalue weighted by Crippen LogP contribution is 2.35. The third-order valence-electron chi connectivity index (χ3n) is 4.92. The van der Waals surface area contributed by atoms with E-state index in [1.165, 1.54) is 5.56 Å². The van der Waals surface area contributed by atoms with Crippen molar-refractivity contribution >= 4 is 16.3 Å². The second-order valence-electron chi connectivity index (χ2n) is 6.84. The minimum atomic E-state index is 0.650. The van der Waals surface area contributed by atoms with E-state index in [1.807, 2.05) is 24.3 Å². The van der Waals surface area contributed by atoms with Crippen LogP contribution in [0.25, 0.3) is 27.5 Å². The van der Waals surface area contributed by atoms with Crippen LogP contribution in [0.4, 0.5) is 0 Å². The number of fused-ring (bicyclic) bond motifs is 1. The predicted molar refractivity (Wildman–Crippen MR) is 120 cm³/mol. The standard InChI is InChI=1S/C25H20N2OS/c1-3-8-19(9-4-1)14-16-28-22-13-7-12-21(18-22)23-24(20-10-5-2-6-11-20)27-15-17-29-25(27)26-23/h1-13,15,17-18H,14,16H2. The van der Waals surface area contributed by atoms with Crippen LogP contribution in [0, 0.1) is 0 Å². The van der Waals surface area contributed by atoms with Gasteiger partial charge in [0.15, 0.2) is 4.96 Å². The predicted octanol–water partition coefficient (Wildman–Crippen LogP) is 6.35. The first kappa shape index (κ1) is 17.7. The fourth-order valence-electron chi connectivity index (χ4n) is 3.52. The van der Waals surface area contributed by atoms with Crippen molar-refractivity contribution in [3.63, 3.8) is 0 Å². The van der Waals surface area contributed by atoms with Gasteiger partial charge >= 0.3 is 0 Å². The number of aromatic nitrogens is 2. The van der Waals surface area contributed by atoms with Crippen LogP contribution in [0.3, 0.4) is 0 Å². The quantitative estimate of drug-likeness (QED) is 0.334. The Hall–Kier alpha value is -3.37. The molecule has 5 aromatic rings. The summed E-state index contributed by atoms with van der Waals surface area (Å²) in [5.74, 6) is 0.869. The fourth-order valence-corrected chi connectivity index (χ4v) is 4.24. The molecule has 0 fully saturated rings. The molecular formula is C25H20N2OS. The SMILES string of the molecule is c1ccc(CCOc2cccc(-c3nc4sccn4c3-c3ccccc3)c2)cc1. The summed E-state index contributed by atoms with van der Waals surface area (Å²) in [5.41, 5.74) is 5.60. The van der Waals surface area contributed by atoms with E-state index >= 15 is 0 Å². The number of ether oxygens (including phenoxy) is 1.